The third-order valence-corrected chi connectivity index (χ3v) is 3.49. The van der Waals surface area contributed by atoms with E-state index in [0.717, 1.165) is 18.2 Å². The van der Waals surface area contributed by atoms with Crippen molar-refractivity contribution >= 4 is 34.8 Å². The second kappa shape index (κ2) is 8.01. The van der Waals surface area contributed by atoms with E-state index in [1.54, 1.807) is 31.2 Å². The molecule has 0 saturated heterocycles. The number of carbonyl (C=O) groups excluding carboxylic acids is 2. The Morgan fingerprint density at radius 1 is 1.04 bits per heavy atom. The Balaban J connectivity index is 2.00. The third kappa shape index (κ3) is 5.32. The molecule has 2 aromatic carbocycles. The van der Waals surface area contributed by atoms with E-state index < -0.39 is 23.6 Å². The number of halogens is 4. The molecule has 0 aliphatic carbocycles. The zero-order valence-corrected chi connectivity index (χ0v) is 14.2. The van der Waals surface area contributed by atoms with E-state index in [0.29, 0.717) is 16.3 Å². The lowest BCUT2D eigenvalue weighted by atomic mass is 10.1. The summed E-state index contributed by atoms with van der Waals surface area (Å²) in [5.41, 5.74) is 2.04. The Hall–Kier alpha value is -2.87. The first kappa shape index (κ1) is 19.5. The molecule has 2 rings (SSSR count). The predicted molar refractivity (Wildman–Crippen MR) is 91.9 cm³/mol. The number of amides is 2. The molecule has 136 valence electrons. The van der Waals surface area contributed by atoms with Crippen molar-refractivity contribution in [3.8, 4) is 0 Å². The van der Waals surface area contributed by atoms with Crippen LogP contribution in [0.2, 0.25) is 5.02 Å². The fraction of sp³-hybridized carbons (Fsp3) is 0.118. The minimum atomic E-state index is -4.55. The Morgan fingerprint density at radius 3 is 2.31 bits per heavy atom. The van der Waals surface area contributed by atoms with Crippen molar-refractivity contribution in [1.82, 2.24) is 5.43 Å². The average Bonchev–Trinajstić information content (AvgIpc) is 2.59. The van der Waals surface area contributed by atoms with Gasteiger partial charge in [-0.15, -0.1) is 0 Å². The van der Waals surface area contributed by atoms with E-state index in [9.17, 15) is 22.8 Å². The van der Waals surface area contributed by atoms with Gasteiger partial charge >= 0.3 is 18.0 Å². The molecular weight excluding hydrogens is 371 g/mol. The van der Waals surface area contributed by atoms with Crippen LogP contribution >= 0.6 is 11.6 Å². The molecule has 2 aromatic rings. The first-order valence-electron chi connectivity index (χ1n) is 7.25. The van der Waals surface area contributed by atoms with Crippen LogP contribution in [0.25, 0.3) is 0 Å². The Morgan fingerprint density at radius 2 is 1.69 bits per heavy atom. The molecule has 0 heterocycles. The van der Waals surface area contributed by atoms with Crippen LogP contribution in [0.1, 0.15) is 18.1 Å². The van der Waals surface area contributed by atoms with Crippen LogP contribution in [0.15, 0.2) is 53.6 Å². The predicted octanol–water partition coefficient (Wildman–Crippen LogP) is 3.84. The molecule has 9 heteroatoms. The highest BCUT2D eigenvalue weighted by atomic mass is 35.5. The van der Waals surface area contributed by atoms with Gasteiger partial charge < -0.3 is 5.32 Å². The van der Waals surface area contributed by atoms with E-state index in [1.165, 1.54) is 6.07 Å². The summed E-state index contributed by atoms with van der Waals surface area (Å²) < 4.78 is 37.9. The summed E-state index contributed by atoms with van der Waals surface area (Å²) in [4.78, 5) is 23.5. The number of rotatable bonds is 3. The molecule has 0 bridgehead atoms. The van der Waals surface area contributed by atoms with Crippen LogP contribution in [0.5, 0.6) is 0 Å². The molecular formula is C17H13ClF3N3O2. The fourth-order valence-corrected chi connectivity index (χ4v) is 2.03. The fourth-order valence-electron chi connectivity index (χ4n) is 1.90. The average molecular weight is 384 g/mol. The largest absolute Gasteiger partial charge is 0.416 e. The van der Waals surface area contributed by atoms with Gasteiger partial charge in [-0.05, 0) is 42.8 Å². The normalized spacial score (nSPS) is 11.8. The van der Waals surface area contributed by atoms with E-state index >= 15 is 0 Å². The molecule has 0 aromatic heterocycles. The number of benzene rings is 2. The lowest BCUT2D eigenvalue weighted by Gasteiger charge is -2.09. The second-order valence-corrected chi connectivity index (χ2v) is 5.61. The number of hydrogen-bond donors (Lipinski definition) is 2. The molecule has 0 aliphatic heterocycles. The van der Waals surface area contributed by atoms with Crippen LogP contribution in [0.4, 0.5) is 18.9 Å². The number of nitrogens with zero attached hydrogens (tertiary/aromatic N) is 1. The quantitative estimate of drug-likeness (QED) is 0.480. The number of nitrogens with one attached hydrogen (secondary N) is 2. The number of alkyl halides is 3. The highest BCUT2D eigenvalue weighted by molar-refractivity contribution is 6.39. The molecule has 5 nitrogen and oxygen atoms in total. The van der Waals surface area contributed by atoms with Gasteiger partial charge in [-0.1, -0.05) is 29.8 Å². The van der Waals surface area contributed by atoms with Gasteiger partial charge in [0.05, 0.1) is 11.3 Å². The molecule has 2 N–H and O–H groups in total. The number of anilines is 1. The Kier molecular flexibility index (Phi) is 5.99. The van der Waals surface area contributed by atoms with Gasteiger partial charge in [0.2, 0.25) is 0 Å². The van der Waals surface area contributed by atoms with Crippen LogP contribution in [-0.2, 0) is 15.8 Å². The van der Waals surface area contributed by atoms with Gasteiger partial charge in [-0.3, -0.25) is 9.59 Å². The van der Waals surface area contributed by atoms with E-state index in [2.05, 4.69) is 10.4 Å². The van der Waals surface area contributed by atoms with Gasteiger partial charge in [-0.2, -0.15) is 18.3 Å². The monoisotopic (exact) mass is 383 g/mol. The number of hydrazone groups is 1. The maximum Gasteiger partial charge on any atom is 0.416 e. The van der Waals surface area contributed by atoms with Crippen molar-refractivity contribution < 1.29 is 22.8 Å². The first-order valence-corrected chi connectivity index (χ1v) is 7.63. The number of carbonyl (C=O) groups is 2. The first-order chi connectivity index (χ1) is 12.2. The standard InChI is InChI=1S/C17H13ClF3N3O2/c1-10(11-5-7-13(18)8-6-11)23-24-16(26)15(25)22-14-4-2-3-12(9-14)17(19,20)21/h2-9H,1H3,(H,22,25)(H,24,26). The summed E-state index contributed by atoms with van der Waals surface area (Å²) in [6.07, 6.45) is -4.55. The summed E-state index contributed by atoms with van der Waals surface area (Å²) in [7, 11) is 0. The highest BCUT2D eigenvalue weighted by Crippen LogP contribution is 2.30. The van der Waals surface area contributed by atoms with Crippen molar-refractivity contribution in [2.45, 2.75) is 13.1 Å². The second-order valence-electron chi connectivity index (χ2n) is 5.18. The zero-order chi connectivity index (χ0) is 19.3. The van der Waals surface area contributed by atoms with Crippen molar-refractivity contribution in [2.75, 3.05) is 5.32 Å². The zero-order valence-electron chi connectivity index (χ0n) is 13.4. The van der Waals surface area contributed by atoms with E-state index in [4.69, 9.17) is 11.6 Å². The summed E-state index contributed by atoms with van der Waals surface area (Å²) in [6.45, 7) is 1.61. The van der Waals surface area contributed by atoms with Gasteiger partial charge in [0.1, 0.15) is 0 Å². The molecule has 0 aliphatic rings. The highest BCUT2D eigenvalue weighted by Gasteiger charge is 2.30. The number of hydrogen-bond acceptors (Lipinski definition) is 3. The molecule has 0 saturated carbocycles. The van der Waals surface area contributed by atoms with E-state index in [1.807, 2.05) is 5.43 Å². The molecule has 0 unspecified atom stereocenters. The topological polar surface area (TPSA) is 70.6 Å². The van der Waals surface area contributed by atoms with Crippen LogP contribution < -0.4 is 10.7 Å². The van der Waals surface area contributed by atoms with Gasteiger partial charge in [0, 0.05) is 10.7 Å². The summed E-state index contributed by atoms with van der Waals surface area (Å²) in [5, 5.41) is 6.40. The third-order valence-electron chi connectivity index (χ3n) is 3.24. The summed E-state index contributed by atoms with van der Waals surface area (Å²) >= 11 is 5.77. The SMILES string of the molecule is CC(=NNC(=O)C(=O)Nc1cccc(C(F)(F)F)c1)c1ccc(Cl)cc1. The van der Waals surface area contributed by atoms with Crippen molar-refractivity contribution in [3.63, 3.8) is 0 Å². The maximum atomic E-state index is 12.6. The molecule has 0 radical (unpaired) electrons. The van der Waals surface area contributed by atoms with Crippen molar-refractivity contribution in [2.24, 2.45) is 5.10 Å². The Labute approximate surface area is 151 Å². The minimum Gasteiger partial charge on any atom is -0.318 e. The molecule has 0 fully saturated rings. The molecule has 0 spiro atoms. The Bertz CT molecular complexity index is 849. The smallest absolute Gasteiger partial charge is 0.318 e. The van der Waals surface area contributed by atoms with Gasteiger partial charge in [0.15, 0.2) is 0 Å². The maximum absolute atomic E-state index is 12.6. The van der Waals surface area contributed by atoms with Crippen LogP contribution in [0, 0.1) is 0 Å². The minimum absolute atomic E-state index is 0.154. The van der Waals surface area contributed by atoms with Crippen molar-refractivity contribution in [1.29, 1.82) is 0 Å². The molecule has 2 amide bonds. The van der Waals surface area contributed by atoms with Crippen LogP contribution in [-0.4, -0.2) is 17.5 Å². The van der Waals surface area contributed by atoms with Crippen molar-refractivity contribution in [3.05, 3.63) is 64.7 Å². The van der Waals surface area contributed by atoms with Gasteiger partial charge in [-0.25, -0.2) is 5.43 Å². The summed E-state index contributed by atoms with van der Waals surface area (Å²) in [5.74, 6) is -2.26. The van der Waals surface area contributed by atoms with E-state index in [-0.39, 0.29) is 5.69 Å². The molecule has 26 heavy (non-hydrogen) atoms. The summed E-state index contributed by atoms with van der Waals surface area (Å²) in [6, 6.07) is 10.6. The van der Waals surface area contributed by atoms with Crippen LogP contribution in [0.3, 0.4) is 0 Å². The lowest BCUT2D eigenvalue weighted by molar-refractivity contribution is -0.137. The lowest BCUT2D eigenvalue weighted by Crippen LogP contribution is -2.33. The van der Waals surface area contributed by atoms with Gasteiger partial charge in [0.25, 0.3) is 0 Å². The molecule has 0 atom stereocenters.